The number of benzene rings is 1. The Balaban J connectivity index is 0.00000264. The SMILES string of the molecule is Cl.O=C(CCNS(=O)(=O)c1c(Cl)cccc1Cl)NCC1CNC1. The zero-order valence-corrected chi connectivity index (χ0v) is 15.3. The van der Waals surface area contributed by atoms with Gasteiger partial charge in [0, 0.05) is 38.5 Å². The summed E-state index contributed by atoms with van der Waals surface area (Å²) in [5, 5.41) is 5.96. The summed E-state index contributed by atoms with van der Waals surface area (Å²) in [5.74, 6) is 0.266. The Hall–Kier alpha value is -0.570. The normalized spacial score (nSPS) is 14.7. The maximum atomic E-state index is 12.2. The van der Waals surface area contributed by atoms with Crippen molar-refractivity contribution in [1.82, 2.24) is 15.4 Å². The zero-order chi connectivity index (χ0) is 16.2. The van der Waals surface area contributed by atoms with Crippen LogP contribution in [0.1, 0.15) is 6.42 Å². The highest BCUT2D eigenvalue weighted by Gasteiger charge is 2.21. The largest absolute Gasteiger partial charge is 0.356 e. The molecule has 6 nitrogen and oxygen atoms in total. The molecular weight excluding hydrogens is 385 g/mol. The van der Waals surface area contributed by atoms with Gasteiger partial charge in [-0.3, -0.25) is 4.79 Å². The van der Waals surface area contributed by atoms with E-state index < -0.39 is 10.0 Å². The topological polar surface area (TPSA) is 87.3 Å². The molecule has 1 amide bonds. The van der Waals surface area contributed by atoms with Crippen molar-refractivity contribution in [3.05, 3.63) is 28.2 Å². The van der Waals surface area contributed by atoms with Gasteiger partial charge in [0.15, 0.2) is 0 Å². The summed E-state index contributed by atoms with van der Waals surface area (Å²) in [6.45, 7) is 2.39. The van der Waals surface area contributed by atoms with Crippen LogP contribution in [-0.4, -0.2) is 40.5 Å². The summed E-state index contributed by atoms with van der Waals surface area (Å²) in [5.41, 5.74) is 0. The van der Waals surface area contributed by atoms with Gasteiger partial charge in [-0.25, -0.2) is 13.1 Å². The fraction of sp³-hybridized carbons (Fsp3) is 0.462. The maximum absolute atomic E-state index is 12.2. The maximum Gasteiger partial charge on any atom is 0.243 e. The summed E-state index contributed by atoms with van der Waals surface area (Å²) in [6, 6.07) is 4.45. The second-order valence-electron chi connectivity index (χ2n) is 5.03. The van der Waals surface area contributed by atoms with Crippen LogP contribution in [0.25, 0.3) is 0 Å². The molecular formula is C13H18Cl3N3O3S. The minimum atomic E-state index is -3.85. The second kappa shape index (κ2) is 9.05. The number of hydrogen-bond donors (Lipinski definition) is 3. The molecule has 0 radical (unpaired) electrons. The average Bonchev–Trinajstić information content (AvgIpc) is 2.36. The van der Waals surface area contributed by atoms with Gasteiger partial charge in [0.1, 0.15) is 4.90 Å². The van der Waals surface area contributed by atoms with Crippen molar-refractivity contribution < 1.29 is 13.2 Å². The van der Waals surface area contributed by atoms with Crippen molar-refractivity contribution in [1.29, 1.82) is 0 Å². The molecule has 2 rings (SSSR count). The van der Waals surface area contributed by atoms with E-state index in [1.807, 2.05) is 0 Å². The molecule has 0 atom stereocenters. The van der Waals surface area contributed by atoms with E-state index in [-0.39, 0.29) is 46.2 Å². The minimum absolute atomic E-state index is 0. The Labute approximate surface area is 151 Å². The van der Waals surface area contributed by atoms with E-state index in [0.29, 0.717) is 12.5 Å². The van der Waals surface area contributed by atoms with E-state index in [1.54, 1.807) is 6.07 Å². The lowest BCUT2D eigenvalue weighted by molar-refractivity contribution is -0.121. The number of carbonyl (C=O) groups is 1. The van der Waals surface area contributed by atoms with Crippen LogP contribution in [0.3, 0.4) is 0 Å². The zero-order valence-electron chi connectivity index (χ0n) is 12.1. The molecule has 1 aliphatic rings. The molecule has 1 aromatic rings. The lowest BCUT2D eigenvalue weighted by Gasteiger charge is -2.27. The first kappa shape index (κ1) is 20.5. The highest BCUT2D eigenvalue weighted by atomic mass is 35.5. The number of amides is 1. The number of halogens is 3. The molecule has 1 heterocycles. The standard InChI is InChI=1S/C13H17Cl2N3O3S.ClH/c14-10-2-1-3-11(15)13(10)22(20,21)18-5-4-12(19)17-8-9-6-16-7-9;/h1-3,9,16,18H,4-8H2,(H,17,19);1H. The van der Waals surface area contributed by atoms with E-state index in [0.717, 1.165) is 13.1 Å². The van der Waals surface area contributed by atoms with Gasteiger partial charge >= 0.3 is 0 Å². The predicted octanol–water partition coefficient (Wildman–Crippen LogP) is 1.42. The number of carbonyl (C=O) groups excluding carboxylic acids is 1. The Kier molecular flexibility index (Phi) is 8.06. The number of rotatable bonds is 7. The summed E-state index contributed by atoms with van der Waals surface area (Å²) < 4.78 is 26.6. The van der Waals surface area contributed by atoms with Gasteiger partial charge in [-0.15, -0.1) is 12.4 Å². The molecule has 0 bridgehead atoms. The highest BCUT2D eigenvalue weighted by molar-refractivity contribution is 7.89. The number of hydrogen-bond acceptors (Lipinski definition) is 4. The first-order valence-electron chi connectivity index (χ1n) is 6.81. The molecule has 0 spiro atoms. The third-order valence-corrected chi connectivity index (χ3v) is 5.70. The summed E-state index contributed by atoms with van der Waals surface area (Å²) in [7, 11) is -3.85. The Morgan fingerprint density at radius 3 is 2.39 bits per heavy atom. The van der Waals surface area contributed by atoms with Crippen LogP contribution in [-0.2, 0) is 14.8 Å². The van der Waals surface area contributed by atoms with Gasteiger partial charge in [0.05, 0.1) is 10.0 Å². The first-order chi connectivity index (χ1) is 10.4. The third-order valence-electron chi connectivity index (χ3n) is 3.29. The van der Waals surface area contributed by atoms with Crippen LogP contribution in [0.5, 0.6) is 0 Å². The van der Waals surface area contributed by atoms with Crippen molar-refractivity contribution in [2.75, 3.05) is 26.2 Å². The molecule has 0 aliphatic carbocycles. The third kappa shape index (κ3) is 5.77. The van der Waals surface area contributed by atoms with Gasteiger partial charge < -0.3 is 10.6 Å². The lowest BCUT2D eigenvalue weighted by Crippen LogP contribution is -2.48. The van der Waals surface area contributed by atoms with E-state index in [1.165, 1.54) is 12.1 Å². The van der Waals surface area contributed by atoms with Gasteiger partial charge in [-0.2, -0.15) is 0 Å². The number of sulfonamides is 1. The lowest BCUT2D eigenvalue weighted by atomic mass is 10.0. The van der Waals surface area contributed by atoms with Crippen LogP contribution < -0.4 is 15.4 Å². The van der Waals surface area contributed by atoms with Crippen molar-refractivity contribution in [3.63, 3.8) is 0 Å². The van der Waals surface area contributed by atoms with Crippen molar-refractivity contribution in [2.24, 2.45) is 5.92 Å². The molecule has 0 aromatic heterocycles. The summed E-state index contributed by atoms with van der Waals surface area (Å²) in [4.78, 5) is 11.5. The number of nitrogens with one attached hydrogen (secondary N) is 3. The van der Waals surface area contributed by atoms with Crippen LogP contribution in [0.2, 0.25) is 10.0 Å². The van der Waals surface area contributed by atoms with Crippen molar-refractivity contribution in [3.8, 4) is 0 Å². The van der Waals surface area contributed by atoms with E-state index in [9.17, 15) is 13.2 Å². The minimum Gasteiger partial charge on any atom is -0.356 e. The van der Waals surface area contributed by atoms with E-state index >= 15 is 0 Å². The molecule has 1 saturated heterocycles. The second-order valence-corrected chi connectivity index (χ2v) is 7.55. The Bertz CT molecular complexity index is 631. The van der Waals surface area contributed by atoms with Crippen molar-refractivity contribution >= 4 is 51.5 Å². The van der Waals surface area contributed by atoms with Gasteiger partial charge in [-0.05, 0) is 12.1 Å². The molecule has 3 N–H and O–H groups in total. The molecule has 1 aliphatic heterocycles. The van der Waals surface area contributed by atoms with Gasteiger partial charge in [0.25, 0.3) is 0 Å². The smallest absolute Gasteiger partial charge is 0.243 e. The predicted molar refractivity (Wildman–Crippen MR) is 92.9 cm³/mol. The quantitative estimate of drug-likeness (QED) is 0.644. The summed E-state index contributed by atoms with van der Waals surface area (Å²) in [6.07, 6.45) is 0.0570. The molecule has 23 heavy (non-hydrogen) atoms. The highest BCUT2D eigenvalue weighted by Crippen LogP contribution is 2.28. The fourth-order valence-corrected chi connectivity index (χ4v) is 4.12. The monoisotopic (exact) mass is 401 g/mol. The molecule has 130 valence electrons. The van der Waals surface area contributed by atoms with Crippen LogP contribution in [0.15, 0.2) is 23.1 Å². The van der Waals surface area contributed by atoms with Crippen LogP contribution in [0.4, 0.5) is 0 Å². The molecule has 1 fully saturated rings. The Morgan fingerprint density at radius 1 is 1.26 bits per heavy atom. The van der Waals surface area contributed by atoms with Gasteiger partial charge in [-0.1, -0.05) is 29.3 Å². The Morgan fingerprint density at radius 2 is 1.87 bits per heavy atom. The molecule has 1 aromatic carbocycles. The molecule has 0 unspecified atom stereocenters. The van der Waals surface area contributed by atoms with Crippen molar-refractivity contribution in [2.45, 2.75) is 11.3 Å². The van der Waals surface area contributed by atoms with Gasteiger partial charge in [0.2, 0.25) is 15.9 Å². The average molecular weight is 403 g/mol. The van der Waals surface area contributed by atoms with E-state index in [2.05, 4.69) is 15.4 Å². The van der Waals surface area contributed by atoms with Crippen LogP contribution >= 0.6 is 35.6 Å². The fourth-order valence-electron chi connectivity index (χ4n) is 1.95. The van der Waals surface area contributed by atoms with E-state index in [4.69, 9.17) is 23.2 Å². The summed E-state index contributed by atoms with van der Waals surface area (Å²) >= 11 is 11.7. The molecule has 0 saturated carbocycles. The first-order valence-corrected chi connectivity index (χ1v) is 9.05. The molecule has 10 heteroatoms. The van der Waals surface area contributed by atoms with Crippen LogP contribution in [0, 0.1) is 5.92 Å².